The number of hydrogen-bond acceptors (Lipinski definition) is 6. The molecule has 0 saturated carbocycles. The largest absolute Gasteiger partial charge is 0.241 e. The summed E-state index contributed by atoms with van der Waals surface area (Å²) < 4.78 is 24.7. The Balaban J connectivity index is 1.65. The Morgan fingerprint density at radius 3 is 2.65 bits per heavy atom. The fraction of sp³-hybridized carbons (Fsp3) is 0.533. The predicted octanol–water partition coefficient (Wildman–Crippen LogP) is 2.12. The molecule has 0 atom stereocenters. The van der Waals surface area contributed by atoms with Crippen molar-refractivity contribution in [3.05, 3.63) is 29.2 Å². The molecule has 8 heteroatoms. The van der Waals surface area contributed by atoms with Crippen LogP contribution in [0.25, 0.3) is 10.7 Å². The summed E-state index contributed by atoms with van der Waals surface area (Å²) in [5, 5.41) is 2.93. The van der Waals surface area contributed by atoms with Crippen molar-refractivity contribution in [2.75, 3.05) is 19.3 Å². The normalized spacial score (nSPS) is 17.5. The van der Waals surface area contributed by atoms with E-state index in [1.165, 1.54) is 6.26 Å². The number of hydrogen-bond donors (Lipinski definition) is 0. The van der Waals surface area contributed by atoms with Gasteiger partial charge in [-0.1, -0.05) is 0 Å². The fourth-order valence-electron chi connectivity index (χ4n) is 2.84. The van der Waals surface area contributed by atoms with Crippen molar-refractivity contribution >= 4 is 21.4 Å². The number of aryl methyl sites for hydroxylation is 1. The third-order valence-corrected chi connectivity index (χ3v) is 6.39. The minimum absolute atomic E-state index is 0.466. The lowest BCUT2D eigenvalue weighted by atomic mass is 9.93. The maximum absolute atomic E-state index is 11.6. The van der Waals surface area contributed by atoms with E-state index in [9.17, 15) is 8.42 Å². The molecule has 1 fully saturated rings. The molecule has 124 valence electrons. The Morgan fingerprint density at radius 1 is 1.30 bits per heavy atom. The van der Waals surface area contributed by atoms with Gasteiger partial charge in [-0.05, 0) is 38.2 Å². The van der Waals surface area contributed by atoms with Gasteiger partial charge in [-0.25, -0.2) is 27.7 Å². The Hall–Kier alpha value is -1.38. The van der Waals surface area contributed by atoms with Crippen molar-refractivity contribution in [1.82, 2.24) is 19.3 Å². The van der Waals surface area contributed by atoms with E-state index in [0.717, 1.165) is 41.4 Å². The lowest BCUT2D eigenvalue weighted by Crippen LogP contribution is -2.38. The zero-order valence-corrected chi connectivity index (χ0v) is 14.9. The van der Waals surface area contributed by atoms with E-state index in [-0.39, 0.29) is 0 Å². The second-order valence-corrected chi connectivity index (χ2v) is 8.84. The lowest BCUT2D eigenvalue weighted by molar-refractivity contribution is 0.273. The molecule has 2 aromatic heterocycles. The van der Waals surface area contributed by atoms with E-state index in [4.69, 9.17) is 0 Å². The molecule has 0 radical (unpaired) electrons. The Kier molecular flexibility index (Phi) is 4.74. The number of nitrogens with zero attached hydrogens (tertiary/aromatic N) is 4. The van der Waals surface area contributed by atoms with Crippen LogP contribution in [0, 0.1) is 12.8 Å². The van der Waals surface area contributed by atoms with Crippen LogP contribution in [0.3, 0.4) is 0 Å². The van der Waals surface area contributed by atoms with Crippen LogP contribution in [0.5, 0.6) is 0 Å². The molecular weight excluding hydrogens is 332 g/mol. The number of sulfonamides is 1. The number of rotatable bonds is 4. The Labute approximate surface area is 140 Å². The minimum Gasteiger partial charge on any atom is -0.241 e. The molecule has 1 aliphatic heterocycles. The number of thiazole rings is 1. The van der Waals surface area contributed by atoms with E-state index in [2.05, 4.69) is 15.0 Å². The topological polar surface area (TPSA) is 76.1 Å². The highest BCUT2D eigenvalue weighted by Crippen LogP contribution is 2.25. The van der Waals surface area contributed by atoms with E-state index in [1.54, 1.807) is 22.0 Å². The Bertz CT molecular complexity index is 780. The quantitative estimate of drug-likeness (QED) is 0.842. The van der Waals surface area contributed by atoms with Crippen LogP contribution in [0.1, 0.15) is 24.2 Å². The molecule has 0 amide bonds. The van der Waals surface area contributed by atoms with Gasteiger partial charge in [-0.2, -0.15) is 0 Å². The zero-order valence-electron chi connectivity index (χ0n) is 13.3. The summed E-state index contributed by atoms with van der Waals surface area (Å²) in [5.41, 5.74) is 2.86. The molecule has 0 spiro atoms. The third kappa shape index (κ3) is 4.13. The van der Waals surface area contributed by atoms with Crippen LogP contribution in [0.2, 0.25) is 0 Å². The molecule has 6 nitrogen and oxygen atoms in total. The SMILES string of the molecule is Cc1csc(-c2cc(CC3CCN(S(C)(=O)=O)CC3)ncn2)n1. The summed E-state index contributed by atoms with van der Waals surface area (Å²) in [6, 6.07) is 2.00. The van der Waals surface area contributed by atoms with E-state index in [1.807, 2.05) is 18.4 Å². The molecule has 0 aromatic carbocycles. The summed E-state index contributed by atoms with van der Waals surface area (Å²) in [4.78, 5) is 13.1. The molecule has 0 bridgehead atoms. The first-order valence-corrected chi connectivity index (χ1v) is 10.3. The van der Waals surface area contributed by atoms with Gasteiger partial charge in [0, 0.05) is 29.9 Å². The molecule has 3 heterocycles. The zero-order chi connectivity index (χ0) is 16.4. The van der Waals surface area contributed by atoms with Crippen LogP contribution < -0.4 is 0 Å². The molecular formula is C15H20N4O2S2. The van der Waals surface area contributed by atoms with Gasteiger partial charge in [0.1, 0.15) is 17.0 Å². The summed E-state index contributed by atoms with van der Waals surface area (Å²) in [5.74, 6) is 0.466. The van der Waals surface area contributed by atoms with Crippen LogP contribution in [-0.2, 0) is 16.4 Å². The third-order valence-electron chi connectivity index (χ3n) is 4.10. The first kappa shape index (κ1) is 16.5. The lowest BCUT2D eigenvalue weighted by Gasteiger charge is -2.30. The Morgan fingerprint density at radius 2 is 2.04 bits per heavy atom. The first-order valence-electron chi connectivity index (χ1n) is 7.60. The van der Waals surface area contributed by atoms with Gasteiger partial charge >= 0.3 is 0 Å². The maximum Gasteiger partial charge on any atom is 0.211 e. The highest BCUT2D eigenvalue weighted by atomic mass is 32.2. The van der Waals surface area contributed by atoms with Gasteiger partial charge in [0.25, 0.3) is 0 Å². The van der Waals surface area contributed by atoms with Gasteiger partial charge < -0.3 is 0 Å². The molecule has 1 saturated heterocycles. The van der Waals surface area contributed by atoms with Crippen molar-refractivity contribution in [2.24, 2.45) is 5.92 Å². The summed E-state index contributed by atoms with van der Waals surface area (Å²) >= 11 is 1.59. The average molecular weight is 352 g/mol. The molecule has 3 rings (SSSR count). The summed E-state index contributed by atoms with van der Waals surface area (Å²) in [6.45, 7) is 3.18. The summed E-state index contributed by atoms with van der Waals surface area (Å²) in [6.07, 6.45) is 5.48. The first-order chi connectivity index (χ1) is 10.9. The molecule has 0 N–H and O–H groups in total. The maximum atomic E-state index is 11.6. The van der Waals surface area contributed by atoms with Crippen molar-refractivity contribution in [3.63, 3.8) is 0 Å². The van der Waals surface area contributed by atoms with Crippen LogP contribution in [-0.4, -0.2) is 47.0 Å². The highest BCUT2D eigenvalue weighted by Gasteiger charge is 2.25. The van der Waals surface area contributed by atoms with Crippen molar-refractivity contribution in [3.8, 4) is 10.7 Å². The molecule has 2 aromatic rings. The molecule has 1 aliphatic rings. The molecule has 0 unspecified atom stereocenters. The van der Waals surface area contributed by atoms with Gasteiger partial charge in [0.05, 0.1) is 6.26 Å². The molecule has 23 heavy (non-hydrogen) atoms. The minimum atomic E-state index is -3.06. The second kappa shape index (κ2) is 6.62. The van der Waals surface area contributed by atoms with Crippen LogP contribution in [0.15, 0.2) is 17.8 Å². The highest BCUT2D eigenvalue weighted by molar-refractivity contribution is 7.88. The van der Waals surface area contributed by atoms with Gasteiger partial charge in [0.2, 0.25) is 10.0 Å². The van der Waals surface area contributed by atoms with Gasteiger partial charge in [-0.15, -0.1) is 11.3 Å². The van der Waals surface area contributed by atoms with Gasteiger partial charge in [0.15, 0.2) is 0 Å². The van der Waals surface area contributed by atoms with Crippen LogP contribution in [0.4, 0.5) is 0 Å². The monoisotopic (exact) mass is 352 g/mol. The second-order valence-electron chi connectivity index (χ2n) is 6.00. The predicted molar refractivity (Wildman–Crippen MR) is 90.7 cm³/mol. The van der Waals surface area contributed by atoms with E-state index >= 15 is 0 Å². The van der Waals surface area contributed by atoms with Gasteiger partial charge in [-0.3, -0.25) is 0 Å². The number of aromatic nitrogens is 3. The molecule has 0 aliphatic carbocycles. The van der Waals surface area contributed by atoms with Crippen molar-refractivity contribution in [2.45, 2.75) is 26.2 Å². The van der Waals surface area contributed by atoms with E-state index < -0.39 is 10.0 Å². The summed E-state index contributed by atoms with van der Waals surface area (Å²) in [7, 11) is -3.06. The standard InChI is InChI=1S/C15H20N4O2S2/c1-11-9-22-15(18-11)14-8-13(16-10-17-14)7-12-3-5-19(6-4-12)23(2,20)21/h8-10,12H,3-7H2,1-2H3. The average Bonchev–Trinajstić information content (AvgIpc) is 2.94. The smallest absolute Gasteiger partial charge is 0.211 e. The van der Waals surface area contributed by atoms with Crippen molar-refractivity contribution < 1.29 is 8.42 Å². The fourth-order valence-corrected chi connectivity index (χ4v) is 4.48. The van der Waals surface area contributed by atoms with Crippen LogP contribution >= 0.6 is 11.3 Å². The van der Waals surface area contributed by atoms with Crippen molar-refractivity contribution in [1.29, 1.82) is 0 Å². The van der Waals surface area contributed by atoms with E-state index in [0.29, 0.717) is 19.0 Å². The number of piperidine rings is 1.